The highest BCUT2D eigenvalue weighted by Crippen LogP contribution is 2.24. The van der Waals surface area contributed by atoms with Gasteiger partial charge in [-0.3, -0.25) is 0 Å². The number of nitrogens with zero attached hydrogens (tertiary/aromatic N) is 1. The molecule has 1 unspecified atom stereocenters. The van der Waals surface area contributed by atoms with Crippen LogP contribution in [-0.4, -0.2) is 4.98 Å². The predicted octanol–water partition coefficient (Wildman–Crippen LogP) is 4.95. The number of rotatable bonds is 4. The molecule has 0 amide bonds. The molecule has 0 aliphatic rings. The maximum atomic E-state index is 6.01. The van der Waals surface area contributed by atoms with Crippen molar-refractivity contribution in [2.75, 3.05) is 5.32 Å². The van der Waals surface area contributed by atoms with Gasteiger partial charge in [-0.2, -0.15) is 0 Å². The van der Waals surface area contributed by atoms with E-state index in [1.165, 1.54) is 0 Å². The Morgan fingerprint density at radius 1 is 1.17 bits per heavy atom. The van der Waals surface area contributed by atoms with Gasteiger partial charge < -0.3 is 5.32 Å². The van der Waals surface area contributed by atoms with Crippen molar-refractivity contribution in [1.82, 2.24) is 4.98 Å². The molecule has 0 saturated heterocycles. The third-order valence-corrected chi connectivity index (χ3v) is 3.14. The Kier molecular flexibility index (Phi) is 4.45. The summed E-state index contributed by atoms with van der Waals surface area (Å²) >= 11 is 11.9. The highest BCUT2D eigenvalue weighted by Gasteiger charge is 2.10. The highest BCUT2D eigenvalue weighted by atomic mass is 35.5. The summed E-state index contributed by atoms with van der Waals surface area (Å²) < 4.78 is 0. The van der Waals surface area contributed by atoms with E-state index in [-0.39, 0.29) is 6.04 Å². The van der Waals surface area contributed by atoms with Crippen molar-refractivity contribution >= 4 is 29.0 Å². The van der Waals surface area contributed by atoms with Crippen LogP contribution in [-0.2, 0) is 0 Å². The molecule has 0 fully saturated rings. The average Bonchev–Trinajstić information content (AvgIpc) is 2.36. The van der Waals surface area contributed by atoms with Crippen LogP contribution in [0.4, 0.5) is 5.82 Å². The molecule has 0 bridgehead atoms. The van der Waals surface area contributed by atoms with Gasteiger partial charge in [-0.05, 0) is 36.2 Å². The van der Waals surface area contributed by atoms with Crippen LogP contribution in [0.5, 0.6) is 0 Å². The molecule has 1 aromatic heterocycles. The Balaban J connectivity index is 2.19. The topological polar surface area (TPSA) is 24.9 Å². The molecule has 4 heteroatoms. The van der Waals surface area contributed by atoms with Crippen LogP contribution in [0, 0.1) is 0 Å². The highest BCUT2D eigenvalue weighted by molar-refractivity contribution is 6.30. The molecule has 0 spiro atoms. The van der Waals surface area contributed by atoms with Crippen LogP contribution in [0.25, 0.3) is 0 Å². The molecule has 2 nitrogen and oxygen atoms in total. The molecule has 1 aromatic carbocycles. The minimum atomic E-state index is 0.176. The quantitative estimate of drug-likeness (QED) is 0.802. The molecule has 0 radical (unpaired) electrons. The van der Waals surface area contributed by atoms with Gasteiger partial charge in [0, 0.05) is 5.02 Å². The number of hydrogen-bond acceptors (Lipinski definition) is 2. The first kappa shape index (κ1) is 13.2. The Labute approximate surface area is 117 Å². The zero-order valence-electron chi connectivity index (χ0n) is 10.0. The van der Waals surface area contributed by atoms with Gasteiger partial charge in [-0.1, -0.05) is 48.3 Å². The zero-order valence-corrected chi connectivity index (χ0v) is 11.5. The lowest BCUT2D eigenvalue weighted by atomic mass is 10.0. The van der Waals surface area contributed by atoms with E-state index < -0.39 is 0 Å². The fourth-order valence-electron chi connectivity index (χ4n) is 1.81. The molecule has 1 atom stereocenters. The summed E-state index contributed by atoms with van der Waals surface area (Å²) in [6.07, 6.45) is 0.939. The molecule has 0 aliphatic heterocycles. The summed E-state index contributed by atoms with van der Waals surface area (Å²) in [5.41, 5.74) is 1.15. The van der Waals surface area contributed by atoms with Gasteiger partial charge in [0.15, 0.2) is 0 Å². The van der Waals surface area contributed by atoms with Crippen LogP contribution in [0.15, 0.2) is 42.5 Å². The van der Waals surface area contributed by atoms with Gasteiger partial charge in [0.2, 0.25) is 0 Å². The van der Waals surface area contributed by atoms with E-state index in [1.54, 1.807) is 6.07 Å². The second kappa shape index (κ2) is 6.07. The Bertz CT molecular complexity index is 529. The molecule has 0 saturated carbocycles. The van der Waals surface area contributed by atoms with Crippen molar-refractivity contribution in [2.45, 2.75) is 19.4 Å². The van der Waals surface area contributed by atoms with Gasteiger partial charge in [0.1, 0.15) is 11.0 Å². The smallest absolute Gasteiger partial charge is 0.131 e. The molecule has 0 aliphatic carbocycles. The lowest BCUT2D eigenvalue weighted by Gasteiger charge is -2.18. The maximum absolute atomic E-state index is 6.01. The minimum Gasteiger partial charge on any atom is -0.363 e. The van der Waals surface area contributed by atoms with E-state index in [2.05, 4.69) is 23.3 Å². The summed E-state index contributed by atoms with van der Waals surface area (Å²) in [6, 6.07) is 13.6. The summed E-state index contributed by atoms with van der Waals surface area (Å²) in [5, 5.41) is 4.59. The van der Waals surface area contributed by atoms with Crippen LogP contribution in [0.3, 0.4) is 0 Å². The Morgan fingerprint density at radius 3 is 2.61 bits per heavy atom. The van der Waals surface area contributed by atoms with Crippen molar-refractivity contribution in [3.8, 4) is 0 Å². The van der Waals surface area contributed by atoms with Crippen LogP contribution >= 0.6 is 23.2 Å². The Morgan fingerprint density at radius 2 is 1.94 bits per heavy atom. The van der Waals surface area contributed by atoms with Crippen molar-refractivity contribution in [2.24, 2.45) is 0 Å². The summed E-state index contributed by atoms with van der Waals surface area (Å²) in [6.45, 7) is 2.11. The number of halogens is 2. The monoisotopic (exact) mass is 280 g/mol. The van der Waals surface area contributed by atoms with E-state index in [9.17, 15) is 0 Å². The SMILES string of the molecule is CCC(Nc1cccc(Cl)n1)c1cccc(Cl)c1. The molecule has 2 aromatic rings. The lowest BCUT2D eigenvalue weighted by Crippen LogP contribution is -2.10. The minimum absolute atomic E-state index is 0.176. The number of aromatic nitrogens is 1. The third kappa shape index (κ3) is 3.37. The second-order valence-electron chi connectivity index (χ2n) is 4.01. The number of anilines is 1. The van der Waals surface area contributed by atoms with E-state index >= 15 is 0 Å². The van der Waals surface area contributed by atoms with Gasteiger partial charge in [0.25, 0.3) is 0 Å². The fourth-order valence-corrected chi connectivity index (χ4v) is 2.17. The number of pyridine rings is 1. The largest absolute Gasteiger partial charge is 0.363 e. The van der Waals surface area contributed by atoms with Crippen molar-refractivity contribution in [3.63, 3.8) is 0 Å². The normalized spacial score (nSPS) is 12.2. The summed E-state index contributed by atoms with van der Waals surface area (Å²) in [5.74, 6) is 0.773. The molecule has 18 heavy (non-hydrogen) atoms. The van der Waals surface area contributed by atoms with Gasteiger partial charge in [-0.15, -0.1) is 0 Å². The molecular formula is C14H14Cl2N2. The first-order valence-corrected chi connectivity index (χ1v) is 6.59. The molecular weight excluding hydrogens is 267 g/mol. The van der Waals surface area contributed by atoms with Crippen molar-refractivity contribution in [1.29, 1.82) is 0 Å². The number of hydrogen-bond donors (Lipinski definition) is 1. The fraction of sp³-hybridized carbons (Fsp3) is 0.214. The molecule has 1 heterocycles. The molecule has 2 rings (SSSR count). The zero-order chi connectivity index (χ0) is 13.0. The van der Waals surface area contributed by atoms with E-state index in [1.807, 2.05) is 30.3 Å². The standard InChI is InChI=1S/C14H14Cl2N2/c1-2-12(10-5-3-6-11(15)9-10)17-14-8-4-7-13(16)18-14/h3-9,12H,2H2,1H3,(H,17,18). The van der Waals surface area contributed by atoms with Gasteiger partial charge >= 0.3 is 0 Å². The number of benzene rings is 1. The number of nitrogens with one attached hydrogen (secondary N) is 1. The van der Waals surface area contributed by atoms with Gasteiger partial charge in [0.05, 0.1) is 6.04 Å². The van der Waals surface area contributed by atoms with Crippen LogP contribution in [0.2, 0.25) is 10.2 Å². The first-order valence-electron chi connectivity index (χ1n) is 5.83. The van der Waals surface area contributed by atoms with E-state index in [4.69, 9.17) is 23.2 Å². The van der Waals surface area contributed by atoms with Crippen LogP contribution < -0.4 is 5.32 Å². The van der Waals surface area contributed by atoms with Crippen LogP contribution in [0.1, 0.15) is 24.9 Å². The van der Waals surface area contributed by atoms with Crippen molar-refractivity contribution < 1.29 is 0 Å². The van der Waals surface area contributed by atoms with Gasteiger partial charge in [-0.25, -0.2) is 4.98 Å². The summed E-state index contributed by atoms with van der Waals surface area (Å²) in [7, 11) is 0. The summed E-state index contributed by atoms with van der Waals surface area (Å²) in [4.78, 5) is 4.23. The van der Waals surface area contributed by atoms with Crippen molar-refractivity contribution in [3.05, 3.63) is 58.2 Å². The van der Waals surface area contributed by atoms with E-state index in [0.29, 0.717) is 5.15 Å². The first-order chi connectivity index (χ1) is 8.69. The maximum Gasteiger partial charge on any atom is 0.131 e. The predicted molar refractivity (Wildman–Crippen MR) is 77.4 cm³/mol. The second-order valence-corrected chi connectivity index (χ2v) is 4.83. The lowest BCUT2D eigenvalue weighted by molar-refractivity contribution is 0.745. The molecule has 94 valence electrons. The average molecular weight is 281 g/mol. The van der Waals surface area contributed by atoms with E-state index in [0.717, 1.165) is 22.8 Å². The third-order valence-electron chi connectivity index (χ3n) is 2.70. The Hall–Kier alpha value is -1.25. The molecule has 1 N–H and O–H groups in total.